The van der Waals surface area contributed by atoms with Gasteiger partial charge in [0.05, 0.1) is 0 Å². The van der Waals surface area contributed by atoms with Gasteiger partial charge in [-0.2, -0.15) is 0 Å². The number of aryl methyl sites for hydroxylation is 1. The molecule has 0 atom stereocenters. The number of aromatic nitrogens is 1. The first-order valence-electron chi connectivity index (χ1n) is 7.00. The molecule has 0 spiro atoms. The standard InChI is InChI=1S/C14H22BrN3O/c1-2-17-10-12(15)9-13(17)14(19)18-7-4-11(3-6-16)5-8-18/h9-11H,2-8,16H2,1H3. The van der Waals surface area contributed by atoms with Gasteiger partial charge in [-0.05, 0) is 60.6 Å². The van der Waals surface area contributed by atoms with E-state index in [4.69, 9.17) is 5.73 Å². The van der Waals surface area contributed by atoms with Crippen molar-refractivity contribution < 1.29 is 4.79 Å². The number of likely N-dealkylation sites (tertiary alicyclic amines) is 1. The average Bonchev–Trinajstić information content (AvgIpc) is 2.80. The SMILES string of the molecule is CCn1cc(Br)cc1C(=O)N1CCC(CCN)CC1. The van der Waals surface area contributed by atoms with Gasteiger partial charge in [0.25, 0.3) is 5.91 Å². The highest BCUT2D eigenvalue weighted by molar-refractivity contribution is 9.10. The molecule has 1 fully saturated rings. The number of rotatable bonds is 4. The van der Waals surface area contributed by atoms with E-state index in [0.717, 1.165) is 55.6 Å². The summed E-state index contributed by atoms with van der Waals surface area (Å²) in [6, 6.07) is 1.91. The third-order valence-corrected chi connectivity index (χ3v) is 4.33. The highest BCUT2D eigenvalue weighted by Crippen LogP contribution is 2.23. The van der Waals surface area contributed by atoms with Crippen LogP contribution in [0.2, 0.25) is 0 Å². The van der Waals surface area contributed by atoms with Crippen LogP contribution in [0.15, 0.2) is 16.7 Å². The maximum atomic E-state index is 12.5. The fourth-order valence-electron chi connectivity index (χ4n) is 2.74. The number of hydrogen-bond donors (Lipinski definition) is 1. The van der Waals surface area contributed by atoms with E-state index in [2.05, 4.69) is 22.9 Å². The molecule has 0 aliphatic carbocycles. The van der Waals surface area contributed by atoms with E-state index >= 15 is 0 Å². The van der Waals surface area contributed by atoms with Crippen molar-refractivity contribution in [1.29, 1.82) is 0 Å². The summed E-state index contributed by atoms with van der Waals surface area (Å²) < 4.78 is 2.97. The first-order chi connectivity index (χ1) is 9.15. The van der Waals surface area contributed by atoms with Gasteiger partial charge in [-0.1, -0.05) is 0 Å². The molecule has 4 nitrogen and oxygen atoms in total. The monoisotopic (exact) mass is 327 g/mol. The molecule has 1 aromatic rings. The predicted molar refractivity (Wildman–Crippen MR) is 80.1 cm³/mol. The predicted octanol–water partition coefficient (Wildman–Crippen LogP) is 2.47. The molecule has 106 valence electrons. The number of amides is 1. The fourth-order valence-corrected chi connectivity index (χ4v) is 3.20. The van der Waals surface area contributed by atoms with Gasteiger partial charge < -0.3 is 15.2 Å². The van der Waals surface area contributed by atoms with E-state index in [9.17, 15) is 4.79 Å². The maximum absolute atomic E-state index is 12.5. The van der Waals surface area contributed by atoms with Crippen LogP contribution in [0.5, 0.6) is 0 Å². The van der Waals surface area contributed by atoms with Gasteiger partial charge in [-0.15, -0.1) is 0 Å². The molecule has 1 aromatic heterocycles. The molecule has 0 bridgehead atoms. The summed E-state index contributed by atoms with van der Waals surface area (Å²) in [5.74, 6) is 0.845. The molecule has 2 rings (SSSR count). The Hall–Kier alpha value is -0.810. The average molecular weight is 328 g/mol. The Bertz CT molecular complexity index is 436. The Morgan fingerprint density at radius 2 is 2.16 bits per heavy atom. The zero-order chi connectivity index (χ0) is 13.8. The number of halogens is 1. The number of carbonyl (C=O) groups excluding carboxylic acids is 1. The van der Waals surface area contributed by atoms with Gasteiger partial charge in [0, 0.05) is 30.3 Å². The van der Waals surface area contributed by atoms with E-state index in [1.807, 2.05) is 21.7 Å². The molecular formula is C14H22BrN3O. The van der Waals surface area contributed by atoms with E-state index in [1.165, 1.54) is 0 Å². The second-order valence-electron chi connectivity index (χ2n) is 5.14. The molecule has 1 amide bonds. The van der Waals surface area contributed by atoms with Crippen molar-refractivity contribution in [3.05, 3.63) is 22.4 Å². The van der Waals surface area contributed by atoms with Crippen molar-refractivity contribution in [3.8, 4) is 0 Å². The second kappa shape index (κ2) is 6.57. The Morgan fingerprint density at radius 1 is 1.47 bits per heavy atom. The summed E-state index contributed by atoms with van der Waals surface area (Å²) >= 11 is 3.44. The first kappa shape index (κ1) is 14.6. The van der Waals surface area contributed by atoms with Crippen LogP contribution in [0.1, 0.15) is 36.7 Å². The van der Waals surface area contributed by atoms with Gasteiger partial charge in [-0.25, -0.2) is 0 Å². The lowest BCUT2D eigenvalue weighted by Gasteiger charge is -2.32. The highest BCUT2D eigenvalue weighted by atomic mass is 79.9. The van der Waals surface area contributed by atoms with Crippen molar-refractivity contribution >= 4 is 21.8 Å². The summed E-state index contributed by atoms with van der Waals surface area (Å²) in [7, 11) is 0. The maximum Gasteiger partial charge on any atom is 0.270 e. The van der Waals surface area contributed by atoms with Crippen molar-refractivity contribution in [2.75, 3.05) is 19.6 Å². The highest BCUT2D eigenvalue weighted by Gasteiger charge is 2.25. The van der Waals surface area contributed by atoms with E-state index in [1.54, 1.807) is 0 Å². The largest absolute Gasteiger partial charge is 0.343 e. The molecule has 0 radical (unpaired) electrons. The molecule has 19 heavy (non-hydrogen) atoms. The second-order valence-corrected chi connectivity index (χ2v) is 6.06. The lowest BCUT2D eigenvalue weighted by atomic mass is 9.93. The van der Waals surface area contributed by atoms with Gasteiger partial charge in [0.1, 0.15) is 5.69 Å². The molecule has 2 N–H and O–H groups in total. The topological polar surface area (TPSA) is 51.3 Å². The molecule has 5 heteroatoms. The number of nitrogens with zero attached hydrogens (tertiary/aromatic N) is 2. The molecule has 0 saturated carbocycles. The Morgan fingerprint density at radius 3 is 2.74 bits per heavy atom. The molecule has 2 heterocycles. The minimum absolute atomic E-state index is 0.152. The van der Waals surface area contributed by atoms with Crippen LogP contribution >= 0.6 is 15.9 Å². The Labute approximate surface area is 123 Å². The summed E-state index contributed by atoms with van der Waals surface area (Å²) in [6.07, 6.45) is 5.21. The number of carbonyl (C=O) groups is 1. The van der Waals surface area contributed by atoms with E-state index in [0.29, 0.717) is 5.92 Å². The quantitative estimate of drug-likeness (QED) is 0.923. The van der Waals surface area contributed by atoms with Crippen LogP contribution in [-0.2, 0) is 6.54 Å². The van der Waals surface area contributed by atoms with Gasteiger partial charge in [0.15, 0.2) is 0 Å². The zero-order valence-electron chi connectivity index (χ0n) is 11.4. The van der Waals surface area contributed by atoms with E-state index < -0.39 is 0 Å². The van der Waals surface area contributed by atoms with Crippen molar-refractivity contribution in [2.45, 2.75) is 32.7 Å². The normalized spacial score (nSPS) is 16.9. The summed E-state index contributed by atoms with van der Waals surface area (Å²) in [5.41, 5.74) is 6.38. The molecule has 0 aromatic carbocycles. The molecular weight excluding hydrogens is 306 g/mol. The number of piperidine rings is 1. The Balaban J connectivity index is 2.01. The van der Waals surface area contributed by atoms with Crippen LogP contribution in [0.4, 0.5) is 0 Å². The lowest BCUT2D eigenvalue weighted by Crippen LogP contribution is -2.39. The fraction of sp³-hybridized carbons (Fsp3) is 0.643. The van der Waals surface area contributed by atoms with E-state index in [-0.39, 0.29) is 5.91 Å². The molecule has 1 aliphatic heterocycles. The lowest BCUT2D eigenvalue weighted by molar-refractivity contribution is 0.0677. The number of hydrogen-bond acceptors (Lipinski definition) is 2. The smallest absolute Gasteiger partial charge is 0.270 e. The van der Waals surface area contributed by atoms with Crippen molar-refractivity contribution in [2.24, 2.45) is 11.7 Å². The Kier molecular flexibility index (Phi) is 5.05. The summed E-state index contributed by atoms with van der Waals surface area (Å²) in [6.45, 7) is 5.34. The van der Waals surface area contributed by atoms with Crippen LogP contribution in [-0.4, -0.2) is 35.0 Å². The zero-order valence-corrected chi connectivity index (χ0v) is 13.0. The number of nitrogens with two attached hydrogens (primary N) is 1. The van der Waals surface area contributed by atoms with Gasteiger partial charge in [0.2, 0.25) is 0 Å². The van der Waals surface area contributed by atoms with Crippen LogP contribution < -0.4 is 5.73 Å². The molecule has 1 aliphatic rings. The minimum Gasteiger partial charge on any atom is -0.343 e. The molecule has 0 unspecified atom stereocenters. The third-order valence-electron chi connectivity index (χ3n) is 3.90. The van der Waals surface area contributed by atoms with Crippen molar-refractivity contribution in [3.63, 3.8) is 0 Å². The molecule has 1 saturated heterocycles. The summed E-state index contributed by atoms with van der Waals surface area (Å²) in [4.78, 5) is 14.5. The summed E-state index contributed by atoms with van der Waals surface area (Å²) in [5, 5.41) is 0. The third kappa shape index (κ3) is 3.39. The van der Waals surface area contributed by atoms with Gasteiger partial charge in [-0.3, -0.25) is 4.79 Å². The van der Waals surface area contributed by atoms with Crippen molar-refractivity contribution in [1.82, 2.24) is 9.47 Å². The van der Waals surface area contributed by atoms with Crippen LogP contribution in [0, 0.1) is 5.92 Å². The first-order valence-corrected chi connectivity index (χ1v) is 7.80. The van der Waals surface area contributed by atoms with Gasteiger partial charge >= 0.3 is 0 Å². The van der Waals surface area contributed by atoms with Crippen LogP contribution in [0.25, 0.3) is 0 Å². The van der Waals surface area contributed by atoms with Crippen LogP contribution in [0.3, 0.4) is 0 Å². The minimum atomic E-state index is 0.152.